The fourth-order valence-corrected chi connectivity index (χ4v) is 1.68. The Labute approximate surface area is 98.7 Å². The lowest BCUT2D eigenvalue weighted by Gasteiger charge is -2.24. The molecule has 1 aromatic rings. The van der Waals surface area contributed by atoms with Crippen LogP contribution in [0.15, 0.2) is 24.3 Å². The molecule has 0 aliphatic carbocycles. The van der Waals surface area contributed by atoms with Crippen LogP contribution in [0.2, 0.25) is 0 Å². The van der Waals surface area contributed by atoms with Gasteiger partial charge in [0.25, 0.3) is 0 Å². The summed E-state index contributed by atoms with van der Waals surface area (Å²) in [7, 11) is 0. The van der Waals surface area contributed by atoms with Crippen molar-refractivity contribution in [2.45, 2.75) is 25.4 Å². The number of halogens is 1. The van der Waals surface area contributed by atoms with E-state index < -0.39 is 5.60 Å². The predicted octanol–water partition coefficient (Wildman–Crippen LogP) is 1.93. The van der Waals surface area contributed by atoms with Crippen LogP contribution in [0.5, 0.6) is 0 Å². The molecule has 0 amide bonds. The Balaban J connectivity index is 2.72. The van der Waals surface area contributed by atoms with Crippen molar-refractivity contribution in [1.29, 1.82) is 0 Å². The molecule has 1 unspecified atom stereocenters. The molecule has 1 rings (SSSR count). The zero-order valence-electron chi connectivity index (χ0n) is 8.33. The average molecular weight is 305 g/mol. The first-order chi connectivity index (χ1) is 6.59. The summed E-state index contributed by atoms with van der Waals surface area (Å²) in [5, 5.41) is 10.0. The summed E-state index contributed by atoms with van der Waals surface area (Å²) in [5.41, 5.74) is 5.94. The molecule has 78 valence electrons. The molecule has 0 radical (unpaired) electrons. The second-order valence-corrected chi connectivity index (χ2v) is 4.83. The zero-order chi connectivity index (χ0) is 10.6. The van der Waals surface area contributed by atoms with Gasteiger partial charge in [0.1, 0.15) is 0 Å². The molecular weight excluding hydrogens is 289 g/mol. The molecule has 1 aromatic carbocycles. The van der Waals surface area contributed by atoms with E-state index in [0.29, 0.717) is 19.4 Å². The summed E-state index contributed by atoms with van der Waals surface area (Å²) < 4.78 is 1.21. The highest BCUT2D eigenvalue weighted by molar-refractivity contribution is 14.1. The van der Waals surface area contributed by atoms with Crippen molar-refractivity contribution < 1.29 is 5.11 Å². The van der Waals surface area contributed by atoms with Crippen molar-refractivity contribution in [1.82, 2.24) is 0 Å². The van der Waals surface area contributed by atoms with Crippen LogP contribution in [0.1, 0.15) is 18.9 Å². The molecule has 0 fully saturated rings. The van der Waals surface area contributed by atoms with E-state index in [-0.39, 0.29) is 0 Å². The van der Waals surface area contributed by atoms with Crippen LogP contribution in [0, 0.1) is 3.57 Å². The molecule has 0 saturated heterocycles. The lowest BCUT2D eigenvalue weighted by atomic mass is 9.92. The molecule has 3 heteroatoms. The molecule has 0 aliphatic rings. The van der Waals surface area contributed by atoms with Crippen LogP contribution in [0.3, 0.4) is 0 Å². The van der Waals surface area contributed by atoms with Crippen LogP contribution in [0.4, 0.5) is 0 Å². The van der Waals surface area contributed by atoms with E-state index in [1.165, 1.54) is 3.57 Å². The molecule has 0 spiro atoms. The van der Waals surface area contributed by atoms with Gasteiger partial charge in [-0.3, -0.25) is 0 Å². The number of nitrogens with two attached hydrogens (primary N) is 1. The van der Waals surface area contributed by atoms with Crippen molar-refractivity contribution >= 4 is 22.6 Å². The average Bonchev–Trinajstić information content (AvgIpc) is 2.21. The summed E-state index contributed by atoms with van der Waals surface area (Å²) in [6, 6.07) is 8.17. The molecule has 14 heavy (non-hydrogen) atoms. The van der Waals surface area contributed by atoms with Gasteiger partial charge >= 0.3 is 0 Å². The minimum absolute atomic E-state index is 0.315. The third-order valence-corrected chi connectivity index (χ3v) is 3.20. The van der Waals surface area contributed by atoms with Gasteiger partial charge in [0.15, 0.2) is 0 Å². The number of benzene rings is 1. The number of rotatable bonds is 4. The minimum Gasteiger partial charge on any atom is -0.388 e. The third-order valence-electron chi connectivity index (χ3n) is 2.48. The van der Waals surface area contributed by atoms with Gasteiger partial charge in [-0.2, -0.15) is 0 Å². The second kappa shape index (κ2) is 5.09. The molecule has 0 heterocycles. The smallest absolute Gasteiger partial charge is 0.0806 e. The number of hydrogen-bond donors (Lipinski definition) is 2. The summed E-state index contributed by atoms with van der Waals surface area (Å²) in [6.07, 6.45) is 1.33. The highest BCUT2D eigenvalue weighted by Crippen LogP contribution is 2.17. The molecule has 0 aromatic heterocycles. The minimum atomic E-state index is -0.743. The van der Waals surface area contributed by atoms with Crippen molar-refractivity contribution in [2.75, 3.05) is 6.54 Å². The van der Waals surface area contributed by atoms with Gasteiger partial charge in [-0.1, -0.05) is 19.1 Å². The Morgan fingerprint density at radius 2 is 1.93 bits per heavy atom. The van der Waals surface area contributed by atoms with Crippen LogP contribution in [0.25, 0.3) is 0 Å². The van der Waals surface area contributed by atoms with Crippen molar-refractivity contribution in [3.8, 4) is 0 Å². The van der Waals surface area contributed by atoms with Gasteiger partial charge < -0.3 is 10.8 Å². The lowest BCUT2D eigenvalue weighted by Crippen LogP contribution is -2.39. The van der Waals surface area contributed by atoms with Crippen molar-refractivity contribution in [2.24, 2.45) is 5.73 Å². The summed E-state index contributed by atoms with van der Waals surface area (Å²) in [5.74, 6) is 0. The van der Waals surface area contributed by atoms with Gasteiger partial charge in [0, 0.05) is 16.5 Å². The Kier molecular flexibility index (Phi) is 4.34. The van der Waals surface area contributed by atoms with Crippen molar-refractivity contribution in [3.05, 3.63) is 33.4 Å². The van der Waals surface area contributed by atoms with E-state index in [4.69, 9.17) is 5.73 Å². The van der Waals surface area contributed by atoms with E-state index in [9.17, 15) is 5.11 Å². The normalized spacial score (nSPS) is 15.1. The molecular formula is C11H16INO. The molecule has 0 aliphatic heterocycles. The first-order valence-electron chi connectivity index (χ1n) is 4.76. The molecule has 1 atom stereocenters. The van der Waals surface area contributed by atoms with Crippen LogP contribution in [-0.4, -0.2) is 17.3 Å². The van der Waals surface area contributed by atoms with E-state index >= 15 is 0 Å². The summed E-state index contributed by atoms with van der Waals surface area (Å²) >= 11 is 2.27. The Bertz CT molecular complexity index is 280. The SMILES string of the molecule is CCC(O)(CN)Cc1ccc(I)cc1. The van der Waals surface area contributed by atoms with E-state index in [2.05, 4.69) is 22.6 Å². The fourth-order valence-electron chi connectivity index (χ4n) is 1.32. The molecule has 2 nitrogen and oxygen atoms in total. The van der Waals surface area contributed by atoms with Gasteiger partial charge in [-0.15, -0.1) is 0 Å². The monoisotopic (exact) mass is 305 g/mol. The lowest BCUT2D eigenvalue weighted by molar-refractivity contribution is 0.0456. The van der Waals surface area contributed by atoms with Gasteiger partial charge in [0.05, 0.1) is 5.60 Å². The predicted molar refractivity (Wildman–Crippen MR) is 67.2 cm³/mol. The van der Waals surface area contributed by atoms with Gasteiger partial charge in [0.2, 0.25) is 0 Å². The summed E-state index contributed by atoms with van der Waals surface area (Å²) in [4.78, 5) is 0. The Morgan fingerprint density at radius 3 is 2.36 bits per heavy atom. The molecule has 0 bridgehead atoms. The maximum atomic E-state index is 10.0. The largest absolute Gasteiger partial charge is 0.388 e. The highest BCUT2D eigenvalue weighted by atomic mass is 127. The maximum Gasteiger partial charge on any atom is 0.0806 e. The summed E-state index contributed by atoms with van der Waals surface area (Å²) in [6.45, 7) is 2.27. The van der Waals surface area contributed by atoms with Gasteiger partial charge in [-0.05, 0) is 46.7 Å². The van der Waals surface area contributed by atoms with E-state index in [1.807, 2.05) is 31.2 Å². The van der Waals surface area contributed by atoms with Crippen LogP contribution in [-0.2, 0) is 6.42 Å². The number of aliphatic hydroxyl groups is 1. The highest BCUT2D eigenvalue weighted by Gasteiger charge is 2.22. The second-order valence-electron chi connectivity index (χ2n) is 3.59. The maximum absolute atomic E-state index is 10.0. The van der Waals surface area contributed by atoms with E-state index in [0.717, 1.165) is 5.56 Å². The molecule has 3 N–H and O–H groups in total. The van der Waals surface area contributed by atoms with E-state index in [1.54, 1.807) is 0 Å². The van der Waals surface area contributed by atoms with Gasteiger partial charge in [-0.25, -0.2) is 0 Å². The zero-order valence-corrected chi connectivity index (χ0v) is 10.5. The number of hydrogen-bond acceptors (Lipinski definition) is 2. The Hall–Kier alpha value is -0.130. The first kappa shape index (κ1) is 11.9. The topological polar surface area (TPSA) is 46.2 Å². The van der Waals surface area contributed by atoms with Crippen LogP contribution >= 0.6 is 22.6 Å². The quantitative estimate of drug-likeness (QED) is 0.835. The Morgan fingerprint density at radius 1 is 1.36 bits per heavy atom. The first-order valence-corrected chi connectivity index (χ1v) is 5.84. The third kappa shape index (κ3) is 3.22. The fraction of sp³-hybridized carbons (Fsp3) is 0.455. The standard InChI is InChI=1S/C11H16INO/c1-2-11(14,8-13)7-9-3-5-10(12)6-4-9/h3-6,14H,2,7-8,13H2,1H3. The molecule has 0 saturated carbocycles. The van der Waals surface area contributed by atoms with Crippen molar-refractivity contribution in [3.63, 3.8) is 0 Å². The van der Waals surface area contributed by atoms with Crippen LogP contribution < -0.4 is 5.73 Å².